The highest BCUT2D eigenvalue weighted by Crippen LogP contribution is 2.15. The first kappa shape index (κ1) is 11.6. The van der Waals surface area contributed by atoms with Crippen molar-refractivity contribution in [1.29, 1.82) is 0 Å². The Morgan fingerprint density at radius 1 is 1.53 bits per heavy atom. The van der Waals surface area contributed by atoms with Gasteiger partial charge in [-0.05, 0) is 33.3 Å². The highest BCUT2D eigenvalue weighted by atomic mass is 16.4. The number of carboxylic acid groups (broad SMARTS) is 1. The van der Waals surface area contributed by atoms with Gasteiger partial charge < -0.3 is 9.67 Å². The van der Waals surface area contributed by atoms with Crippen LogP contribution >= 0.6 is 0 Å². The Morgan fingerprint density at radius 3 is 2.67 bits per heavy atom. The molecular formula is C12H17NO2. The molecule has 0 spiro atoms. The molecule has 0 atom stereocenters. The first-order valence-electron chi connectivity index (χ1n) is 5.09. The molecule has 0 fully saturated rings. The van der Waals surface area contributed by atoms with Crippen LogP contribution in [0.1, 0.15) is 35.1 Å². The van der Waals surface area contributed by atoms with Crippen molar-refractivity contribution in [3.63, 3.8) is 0 Å². The van der Waals surface area contributed by atoms with E-state index in [1.165, 1.54) is 0 Å². The second kappa shape index (κ2) is 4.82. The summed E-state index contributed by atoms with van der Waals surface area (Å²) < 4.78 is 2.05. The van der Waals surface area contributed by atoms with E-state index < -0.39 is 5.97 Å². The Labute approximate surface area is 90.0 Å². The number of rotatable bonds is 4. The van der Waals surface area contributed by atoms with Crippen LogP contribution in [0.2, 0.25) is 0 Å². The molecule has 1 N–H and O–H groups in total. The zero-order valence-electron chi connectivity index (χ0n) is 9.45. The number of carboxylic acids is 1. The molecule has 1 aromatic rings. The van der Waals surface area contributed by atoms with Crippen LogP contribution in [0, 0.1) is 13.8 Å². The van der Waals surface area contributed by atoms with Crippen molar-refractivity contribution >= 4 is 5.97 Å². The predicted molar refractivity (Wildman–Crippen MR) is 60.3 cm³/mol. The maximum Gasteiger partial charge on any atom is 0.337 e. The van der Waals surface area contributed by atoms with Gasteiger partial charge in [-0.25, -0.2) is 4.79 Å². The summed E-state index contributed by atoms with van der Waals surface area (Å²) in [5.41, 5.74) is 2.26. The van der Waals surface area contributed by atoms with Gasteiger partial charge in [-0.2, -0.15) is 0 Å². The average molecular weight is 207 g/mol. The summed E-state index contributed by atoms with van der Waals surface area (Å²) in [5.74, 6) is -0.847. The van der Waals surface area contributed by atoms with Gasteiger partial charge in [0.25, 0.3) is 0 Å². The van der Waals surface area contributed by atoms with Crippen molar-refractivity contribution in [2.24, 2.45) is 0 Å². The number of nitrogens with zero attached hydrogens (tertiary/aromatic N) is 1. The van der Waals surface area contributed by atoms with Crippen LogP contribution in [-0.4, -0.2) is 15.6 Å². The SMILES string of the molecule is C/C=C/CCn1c(C)cc(C(=O)O)c1C. The van der Waals surface area contributed by atoms with Gasteiger partial charge in [-0.15, -0.1) is 0 Å². The van der Waals surface area contributed by atoms with Crippen molar-refractivity contribution in [2.45, 2.75) is 33.7 Å². The summed E-state index contributed by atoms with van der Waals surface area (Å²) in [5, 5.41) is 8.95. The number of hydrogen-bond donors (Lipinski definition) is 1. The van der Waals surface area contributed by atoms with E-state index in [9.17, 15) is 4.79 Å². The number of allylic oxidation sites excluding steroid dienone is 2. The molecule has 0 unspecified atom stereocenters. The lowest BCUT2D eigenvalue weighted by Crippen LogP contribution is -2.04. The van der Waals surface area contributed by atoms with E-state index in [0.717, 1.165) is 24.4 Å². The smallest absolute Gasteiger partial charge is 0.337 e. The minimum absolute atomic E-state index is 0.410. The van der Waals surface area contributed by atoms with Crippen LogP contribution in [-0.2, 0) is 6.54 Å². The molecule has 1 aromatic heterocycles. The van der Waals surface area contributed by atoms with E-state index in [4.69, 9.17) is 5.11 Å². The molecular weight excluding hydrogens is 190 g/mol. The normalized spacial score (nSPS) is 11.1. The lowest BCUT2D eigenvalue weighted by atomic mass is 10.2. The Morgan fingerprint density at radius 2 is 2.20 bits per heavy atom. The van der Waals surface area contributed by atoms with Gasteiger partial charge in [0.1, 0.15) is 0 Å². The van der Waals surface area contributed by atoms with Crippen molar-refractivity contribution in [3.05, 3.63) is 35.2 Å². The zero-order chi connectivity index (χ0) is 11.4. The fourth-order valence-electron chi connectivity index (χ4n) is 1.73. The Bertz CT molecular complexity index is 389. The lowest BCUT2D eigenvalue weighted by molar-refractivity contribution is 0.0696. The number of aryl methyl sites for hydroxylation is 1. The molecule has 0 amide bonds. The highest BCUT2D eigenvalue weighted by Gasteiger charge is 2.13. The van der Waals surface area contributed by atoms with Gasteiger partial charge in [-0.1, -0.05) is 12.2 Å². The third-order valence-corrected chi connectivity index (χ3v) is 2.56. The predicted octanol–water partition coefficient (Wildman–Crippen LogP) is 2.77. The van der Waals surface area contributed by atoms with Crippen molar-refractivity contribution in [3.8, 4) is 0 Å². The van der Waals surface area contributed by atoms with Crippen LogP contribution < -0.4 is 0 Å². The van der Waals surface area contributed by atoms with Crippen LogP contribution in [0.3, 0.4) is 0 Å². The van der Waals surface area contributed by atoms with Crippen LogP contribution in [0.15, 0.2) is 18.2 Å². The molecule has 82 valence electrons. The quantitative estimate of drug-likeness (QED) is 0.771. The van der Waals surface area contributed by atoms with E-state index in [1.807, 2.05) is 31.4 Å². The molecule has 0 aliphatic carbocycles. The Balaban J connectivity index is 2.92. The number of aromatic nitrogens is 1. The first-order valence-corrected chi connectivity index (χ1v) is 5.09. The number of carbonyl (C=O) groups is 1. The van der Waals surface area contributed by atoms with Crippen LogP contribution in [0.5, 0.6) is 0 Å². The van der Waals surface area contributed by atoms with E-state index in [1.54, 1.807) is 6.07 Å². The molecule has 0 saturated heterocycles. The van der Waals surface area contributed by atoms with Gasteiger partial charge in [0, 0.05) is 17.9 Å². The van der Waals surface area contributed by atoms with Gasteiger partial charge in [-0.3, -0.25) is 0 Å². The minimum Gasteiger partial charge on any atom is -0.478 e. The summed E-state index contributed by atoms with van der Waals surface area (Å²) in [6.07, 6.45) is 5.03. The van der Waals surface area contributed by atoms with Gasteiger partial charge in [0.2, 0.25) is 0 Å². The van der Waals surface area contributed by atoms with Gasteiger partial charge >= 0.3 is 5.97 Å². The summed E-state index contributed by atoms with van der Waals surface area (Å²) in [6.45, 7) is 6.62. The Kier molecular flexibility index (Phi) is 3.72. The third-order valence-electron chi connectivity index (χ3n) is 2.56. The topological polar surface area (TPSA) is 42.2 Å². The summed E-state index contributed by atoms with van der Waals surface area (Å²) in [7, 11) is 0. The summed E-state index contributed by atoms with van der Waals surface area (Å²) >= 11 is 0. The molecule has 0 bridgehead atoms. The molecule has 0 radical (unpaired) electrons. The van der Waals surface area contributed by atoms with E-state index in [2.05, 4.69) is 6.08 Å². The second-order valence-corrected chi connectivity index (χ2v) is 3.60. The highest BCUT2D eigenvalue weighted by molar-refractivity contribution is 5.89. The molecule has 15 heavy (non-hydrogen) atoms. The number of aromatic carboxylic acids is 1. The summed E-state index contributed by atoms with van der Waals surface area (Å²) in [6, 6.07) is 1.73. The standard InChI is InChI=1S/C12H17NO2/c1-4-5-6-7-13-9(2)8-11(10(13)3)12(14)15/h4-5,8H,6-7H2,1-3H3,(H,14,15)/b5-4+. The molecule has 0 aliphatic rings. The van der Waals surface area contributed by atoms with Crippen molar-refractivity contribution < 1.29 is 9.90 Å². The molecule has 1 rings (SSSR count). The molecule has 1 heterocycles. The molecule has 0 saturated carbocycles. The summed E-state index contributed by atoms with van der Waals surface area (Å²) in [4.78, 5) is 10.9. The minimum atomic E-state index is -0.847. The fraction of sp³-hybridized carbons (Fsp3) is 0.417. The average Bonchev–Trinajstić information content (AvgIpc) is 2.45. The van der Waals surface area contributed by atoms with E-state index in [0.29, 0.717) is 5.56 Å². The van der Waals surface area contributed by atoms with Gasteiger partial charge in [0.15, 0.2) is 0 Å². The lowest BCUT2D eigenvalue weighted by Gasteiger charge is -2.07. The van der Waals surface area contributed by atoms with Crippen LogP contribution in [0.4, 0.5) is 0 Å². The maximum absolute atomic E-state index is 10.9. The third kappa shape index (κ3) is 2.49. The van der Waals surface area contributed by atoms with Crippen molar-refractivity contribution in [1.82, 2.24) is 4.57 Å². The Hall–Kier alpha value is -1.51. The largest absolute Gasteiger partial charge is 0.478 e. The first-order chi connectivity index (χ1) is 7.07. The molecule has 0 aromatic carbocycles. The van der Waals surface area contributed by atoms with E-state index in [-0.39, 0.29) is 0 Å². The molecule has 3 heteroatoms. The van der Waals surface area contributed by atoms with Crippen molar-refractivity contribution in [2.75, 3.05) is 0 Å². The number of hydrogen-bond acceptors (Lipinski definition) is 1. The fourth-order valence-corrected chi connectivity index (χ4v) is 1.73. The molecule has 0 aliphatic heterocycles. The maximum atomic E-state index is 10.9. The zero-order valence-corrected chi connectivity index (χ0v) is 9.45. The molecule has 3 nitrogen and oxygen atoms in total. The second-order valence-electron chi connectivity index (χ2n) is 3.60. The van der Waals surface area contributed by atoms with Crippen LogP contribution in [0.25, 0.3) is 0 Å². The van der Waals surface area contributed by atoms with E-state index >= 15 is 0 Å². The monoisotopic (exact) mass is 207 g/mol. The van der Waals surface area contributed by atoms with Gasteiger partial charge in [0.05, 0.1) is 5.56 Å².